The monoisotopic (exact) mass is 441 g/mol. The molecule has 3 heterocycles. The van der Waals surface area contributed by atoms with Gasteiger partial charge in [0, 0.05) is 24.6 Å². The van der Waals surface area contributed by atoms with Crippen molar-refractivity contribution in [3.8, 4) is 5.88 Å². The molecule has 3 aromatic rings. The van der Waals surface area contributed by atoms with E-state index in [1.54, 1.807) is 23.0 Å². The fourth-order valence-electron chi connectivity index (χ4n) is 2.69. The van der Waals surface area contributed by atoms with Crippen molar-refractivity contribution in [2.75, 3.05) is 6.61 Å². The van der Waals surface area contributed by atoms with Crippen molar-refractivity contribution in [2.24, 2.45) is 0 Å². The largest absolute Gasteiger partial charge is 0.476 e. The van der Waals surface area contributed by atoms with Crippen LogP contribution >= 0.6 is 11.6 Å². The van der Waals surface area contributed by atoms with Crippen molar-refractivity contribution >= 4 is 28.4 Å². The van der Waals surface area contributed by atoms with E-state index in [0.29, 0.717) is 16.5 Å². The summed E-state index contributed by atoms with van der Waals surface area (Å²) in [4.78, 5) is 20.5. The molecule has 0 fully saturated rings. The van der Waals surface area contributed by atoms with Crippen molar-refractivity contribution in [1.29, 1.82) is 0 Å². The number of halogens is 4. The van der Waals surface area contributed by atoms with Gasteiger partial charge in [-0.3, -0.25) is 14.5 Å². The first kappa shape index (κ1) is 21.8. The second kappa shape index (κ2) is 8.86. The summed E-state index contributed by atoms with van der Waals surface area (Å²) >= 11 is 6.08. The molecular weight excluding hydrogens is 423 g/mol. The Morgan fingerprint density at radius 2 is 2.10 bits per heavy atom. The first-order valence-corrected chi connectivity index (χ1v) is 9.47. The van der Waals surface area contributed by atoms with Crippen molar-refractivity contribution in [1.82, 2.24) is 25.1 Å². The zero-order chi connectivity index (χ0) is 21.9. The van der Waals surface area contributed by atoms with Crippen LogP contribution in [0.25, 0.3) is 10.9 Å². The smallest absolute Gasteiger partial charge is 0.392 e. The first-order chi connectivity index (χ1) is 14.1. The van der Waals surface area contributed by atoms with Gasteiger partial charge in [-0.25, -0.2) is 4.98 Å². The summed E-state index contributed by atoms with van der Waals surface area (Å²) in [5.74, 6) is -0.354. The highest BCUT2D eigenvalue weighted by Crippen LogP contribution is 2.25. The van der Waals surface area contributed by atoms with Crippen LogP contribution in [0.4, 0.5) is 13.2 Å². The van der Waals surface area contributed by atoms with Gasteiger partial charge >= 0.3 is 6.18 Å². The molecule has 160 valence electrons. The zero-order valence-corrected chi connectivity index (χ0v) is 17.0. The average Bonchev–Trinajstić information content (AvgIpc) is 3.04. The minimum atomic E-state index is -4.31. The van der Waals surface area contributed by atoms with E-state index < -0.39 is 19.2 Å². The Balaban J connectivity index is 1.75. The molecule has 0 bridgehead atoms. The normalized spacial score (nSPS) is 11.8. The van der Waals surface area contributed by atoms with Crippen LogP contribution in [0.5, 0.6) is 5.88 Å². The minimum Gasteiger partial charge on any atom is -0.476 e. The third-order valence-corrected chi connectivity index (χ3v) is 4.22. The number of nitrogens with one attached hydrogen (secondary N) is 1. The Morgan fingerprint density at radius 3 is 2.77 bits per heavy atom. The SMILES string of the molecule is CC(C)NC(=O)c1nccc2nn(Cc3cnc(OCCC(F)(F)F)c(Cl)c3)cc12. The summed E-state index contributed by atoms with van der Waals surface area (Å²) in [5.41, 5.74) is 1.54. The maximum absolute atomic E-state index is 12.3. The molecule has 30 heavy (non-hydrogen) atoms. The Morgan fingerprint density at radius 1 is 1.33 bits per heavy atom. The molecule has 7 nitrogen and oxygen atoms in total. The molecule has 0 atom stereocenters. The number of carbonyl (C=O) groups is 1. The highest BCUT2D eigenvalue weighted by molar-refractivity contribution is 6.31. The molecule has 0 aromatic carbocycles. The second-order valence-corrected chi connectivity index (χ2v) is 7.30. The third-order valence-electron chi connectivity index (χ3n) is 3.95. The Kier molecular flexibility index (Phi) is 6.45. The molecule has 0 radical (unpaired) electrons. The molecular formula is C19H19ClF3N5O2. The average molecular weight is 442 g/mol. The van der Waals surface area contributed by atoms with Crippen LogP contribution in [0.3, 0.4) is 0 Å². The van der Waals surface area contributed by atoms with E-state index in [2.05, 4.69) is 20.4 Å². The van der Waals surface area contributed by atoms with Crippen LogP contribution < -0.4 is 10.1 Å². The van der Waals surface area contributed by atoms with Crippen LogP contribution in [0, 0.1) is 0 Å². The highest BCUT2D eigenvalue weighted by atomic mass is 35.5. The number of pyridine rings is 2. The lowest BCUT2D eigenvalue weighted by molar-refractivity contribution is -0.139. The number of aromatic nitrogens is 4. The molecule has 11 heteroatoms. The van der Waals surface area contributed by atoms with Crippen LogP contribution in [-0.2, 0) is 6.54 Å². The summed E-state index contributed by atoms with van der Waals surface area (Å²) in [5, 5.41) is 7.93. The molecule has 0 saturated carbocycles. The van der Waals surface area contributed by atoms with E-state index in [-0.39, 0.29) is 35.1 Å². The van der Waals surface area contributed by atoms with E-state index in [1.807, 2.05) is 13.8 Å². The summed E-state index contributed by atoms with van der Waals surface area (Å²) in [7, 11) is 0. The zero-order valence-electron chi connectivity index (χ0n) is 16.2. The molecule has 0 spiro atoms. The van der Waals surface area contributed by atoms with Crippen LogP contribution in [0.2, 0.25) is 5.02 Å². The molecule has 1 amide bonds. The quantitative estimate of drug-likeness (QED) is 0.599. The first-order valence-electron chi connectivity index (χ1n) is 9.09. The molecule has 0 unspecified atom stereocenters. The van der Waals surface area contributed by atoms with E-state index in [0.717, 1.165) is 0 Å². The van der Waals surface area contributed by atoms with Gasteiger partial charge < -0.3 is 10.1 Å². The molecule has 1 N–H and O–H groups in total. The Bertz CT molecular complexity index is 1050. The van der Waals surface area contributed by atoms with Gasteiger partial charge in [0.1, 0.15) is 10.7 Å². The van der Waals surface area contributed by atoms with Gasteiger partial charge in [0.25, 0.3) is 5.91 Å². The Labute approximate surface area is 175 Å². The second-order valence-electron chi connectivity index (χ2n) is 6.89. The topological polar surface area (TPSA) is 81.9 Å². The van der Waals surface area contributed by atoms with Gasteiger partial charge in [-0.05, 0) is 31.5 Å². The number of rotatable bonds is 7. The van der Waals surface area contributed by atoms with E-state index in [1.165, 1.54) is 12.4 Å². The lowest BCUT2D eigenvalue weighted by Gasteiger charge is -2.10. The van der Waals surface area contributed by atoms with Gasteiger partial charge in [-0.15, -0.1) is 0 Å². The molecule has 0 aliphatic rings. The van der Waals surface area contributed by atoms with Gasteiger partial charge in [-0.1, -0.05) is 11.6 Å². The Hall–Kier alpha value is -2.88. The molecule has 0 saturated heterocycles. The predicted octanol–water partition coefficient (Wildman–Crippen LogP) is 4.00. The lowest BCUT2D eigenvalue weighted by atomic mass is 10.2. The maximum Gasteiger partial charge on any atom is 0.392 e. The number of carbonyl (C=O) groups excluding carboxylic acids is 1. The van der Waals surface area contributed by atoms with Crippen molar-refractivity contribution in [3.63, 3.8) is 0 Å². The number of amides is 1. The van der Waals surface area contributed by atoms with E-state index in [4.69, 9.17) is 16.3 Å². The summed E-state index contributed by atoms with van der Waals surface area (Å²) in [6, 6.07) is 3.21. The molecule has 3 rings (SSSR count). The fraction of sp³-hybridized carbons (Fsp3) is 0.368. The number of fused-ring (bicyclic) bond motifs is 1. The van der Waals surface area contributed by atoms with Crippen molar-refractivity contribution < 1.29 is 22.7 Å². The van der Waals surface area contributed by atoms with Crippen molar-refractivity contribution in [2.45, 2.75) is 39.0 Å². The number of hydrogen-bond donors (Lipinski definition) is 1. The number of nitrogens with zero attached hydrogens (tertiary/aromatic N) is 4. The fourth-order valence-corrected chi connectivity index (χ4v) is 2.94. The highest BCUT2D eigenvalue weighted by Gasteiger charge is 2.27. The summed E-state index contributed by atoms with van der Waals surface area (Å²) < 4.78 is 43.3. The van der Waals surface area contributed by atoms with Gasteiger partial charge in [0.15, 0.2) is 0 Å². The third kappa shape index (κ3) is 5.59. The van der Waals surface area contributed by atoms with Crippen LogP contribution in [0.15, 0.2) is 30.7 Å². The van der Waals surface area contributed by atoms with Crippen LogP contribution in [0.1, 0.15) is 36.3 Å². The maximum atomic E-state index is 12.3. The number of alkyl halides is 3. The number of ether oxygens (including phenoxy) is 1. The van der Waals surface area contributed by atoms with Gasteiger partial charge in [0.2, 0.25) is 5.88 Å². The minimum absolute atomic E-state index is 0.0327. The number of hydrogen-bond acceptors (Lipinski definition) is 5. The predicted molar refractivity (Wildman–Crippen MR) is 105 cm³/mol. The molecule has 0 aliphatic heterocycles. The molecule has 0 aliphatic carbocycles. The van der Waals surface area contributed by atoms with Gasteiger partial charge in [0.05, 0.1) is 30.5 Å². The summed E-state index contributed by atoms with van der Waals surface area (Å²) in [6.45, 7) is 3.44. The van der Waals surface area contributed by atoms with Gasteiger partial charge in [-0.2, -0.15) is 18.3 Å². The molecule has 3 aromatic heterocycles. The van der Waals surface area contributed by atoms with E-state index in [9.17, 15) is 18.0 Å². The van der Waals surface area contributed by atoms with Crippen LogP contribution in [-0.4, -0.2) is 44.5 Å². The van der Waals surface area contributed by atoms with Crippen molar-refractivity contribution in [3.05, 3.63) is 47.0 Å². The standard InChI is InChI=1S/C19H19ClF3N5O2/c1-11(2)26-17(29)16-13-10-28(27-15(13)3-5-24-16)9-12-7-14(20)18(25-8-12)30-6-4-19(21,22)23/h3,5,7-8,10-11H,4,6,9H2,1-2H3,(H,26,29). The summed E-state index contributed by atoms with van der Waals surface area (Å²) in [6.07, 6.45) is -0.743. The lowest BCUT2D eigenvalue weighted by Crippen LogP contribution is -2.30. The van der Waals surface area contributed by atoms with E-state index >= 15 is 0 Å².